The molecular weight excluding hydrogens is 457 g/mol. The van der Waals surface area contributed by atoms with Gasteiger partial charge >= 0.3 is 0 Å². The van der Waals surface area contributed by atoms with Crippen LogP contribution in [-0.4, -0.2) is 40.7 Å². The van der Waals surface area contributed by atoms with E-state index in [4.69, 9.17) is 32.4 Å². The summed E-state index contributed by atoms with van der Waals surface area (Å²) in [6.07, 6.45) is 6.95. The van der Waals surface area contributed by atoms with Gasteiger partial charge in [-0.15, -0.1) is 0 Å². The van der Waals surface area contributed by atoms with Gasteiger partial charge in [0, 0.05) is 26.0 Å². The van der Waals surface area contributed by atoms with Crippen LogP contribution in [0.15, 0.2) is 59.3 Å². The second-order valence-electron chi connectivity index (χ2n) is 8.63. The van der Waals surface area contributed by atoms with Crippen molar-refractivity contribution in [2.45, 2.75) is 25.2 Å². The molecule has 3 heterocycles. The van der Waals surface area contributed by atoms with E-state index in [1.54, 1.807) is 6.20 Å². The van der Waals surface area contributed by atoms with Gasteiger partial charge in [-0.2, -0.15) is 0 Å². The van der Waals surface area contributed by atoms with Crippen LogP contribution in [0.3, 0.4) is 0 Å². The van der Waals surface area contributed by atoms with Crippen LogP contribution in [0.2, 0.25) is 10.0 Å². The molecule has 2 aromatic carbocycles. The van der Waals surface area contributed by atoms with E-state index in [0.29, 0.717) is 22.6 Å². The number of aryl methyl sites for hydroxylation is 1. The number of halogens is 2. The minimum atomic E-state index is 0.555. The first-order chi connectivity index (χ1) is 16.1. The molecule has 4 aromatic rings. The smallest absolute Gasteiger partial charge is 0.175 e. The predicted octanol–water partition coefficient (Wildman–Crippen LogP) is 6.79. The minimum Gasteiger partial charge on any atom is -0.493 e. The van der Waals surface area contributed by atoms with Crippen LogP contribution < -0.4 is 4.74 Å². The number of ether oxygens (including phenoxy) is 1. The van der Waals surface area contributed by atoms with Gasteiger partial charge in [-0.25, -0.2) is 4.98 Å². The van der Waals surface area contributed by atoms with E-state index in [1.807, 2.05) is 54.2 Å². The van der Waals surface area contributed by atoms with Gasteiger partial charge in [0.2, 0.25) is 0 Å². The number of hydrogen-bond acceptors (Lipinski definition) is 4. The highest BCUT2D eigenvalue weighted by Crippen LogP contribution is 2.34. The van der Waals surface area contributed by atoms with Crippen LogP contribution in [-0.2, 0) is 7.05 Å². The topological polar surface area (TPSA) is 43.4 Å². The molecule has 33 heavy (non-hydrogen) atoms. The number of nitrogens with zero attached hydrogens (tertiary/aromatic N) is 3. The highest BCUT2D eigenvalue weighted by Gasteiger charge is 2.21. The molecule has 1 fully saturated rings. The zero-order chi connectivity index (χ0) is 22.8. The van der Waals surface area contributed by atoms with Crippen molar-refractivity contribution in [3.8, 4) is 17.3 Å². The second kappa shape index (κ2) is 9.80. The fourth-order valence-corrected chi connectivity index (χ4v) is 4.91. The standard InChI is InChI=1S/C26H27Cl2N3O2/c1-30-14-10-29-26(30)25-17-20-23(4-2-5-24(20)33-25)32-15-3-11-31-12-8-18(9-13-31)19-6-7-21(27)22(28)16-19/h2,4-7,10,14,16-18H,3,8-9,11-13,15H2,1H3. The van der Waals surface area contributed by atoms with Gasteiger partial charge in [-0.1, -0.05) is 35.3 Å². The fourth-order valence-electron chi connectivity index (χ4n) is 4.60. The van der Waals surface area contributed by atoms with Crippen LogP contribution in [0.25, 0.3) is 22.6 Å². The maximum Gasteiger partial charge on any atom is 0.175 e. The number of rotatable bonds is 7. The van der Waals surface area contributed by atoms with Crippen molar-refractivity contribution in [1.82, 2.24) is 14.5 Å². The summed E-state index contributed by atoms with van der Waals surface area (Å²) >= 11 is 12.3. The summed E-state index contributed by atoms with van der Waals surface area (Å²) in [5.74, 6) is 2.97. The normalized spacial score (nSPS) is 15.4. The fraction of sp³-hybridized carbons (Fsp3) is 0.346. The van der Waals surface area contributed by atoms with Crippen molar-refractivity contribution in [2.75, 3.05) is 26.2 Å². The maximum absolute atomic E-state index is 6.20. The Morgan fingerprint density at radius 2 is 1.94 bits per heavy atom. The Morgan fingerprint density at radius 1 is 1.09 bits per heavy atom. The van der Waals surface area contributed by atoms with Gasteiger partial charge in [-0.3, -0.25) is 0 Å². The summed E-state index contributed by atoms with van der Waals surface area (Å²) in [5.41, 5.74) is 2.11. The zero-order valence-electron chi connectivity index (χ0n) is 18.6. The Hall–Kier alpha value is -2.47. The molecule has 0 amide bonds. The number of aromatic nitrogens is 2. The van der Waals surface area contributed by atoms with Gasteiger partial charge in [0.1, 0.15) is 11.3 Å². The molecule has 0 radical (unpaired) electrons. The van der Waals surface area contributed by atoms with Crippen molar-refractivity contribution in [1.29, 1.82) is 0 Å². The highest BCUT2D eigenvalue weighted by molar-refractivity contribution is 6.42. The Bertz CT molecular complexity index is 1240. The van der Waals surface area contributed by atoms with Crippen LogP contribution in [0.4, 0.5) is 0 Å². The second-order valence-corrected chi connectivity index (χ2v) is 9.45. The number of imidazole rings is 1. The first kappa shape index (κ1) is 22.3. The average molecular weight is 484 g/mol. The molecule has 7 heteroatoms. The Balaban J connectivity index is 1.12. The summed E-state index contributed by atoms with van der Waals surface area (Å²) in [7, 11) is 1.96. The Kier molecular flexibility index (Phi) is 6.63. The summed E-state index contributed by atoms with van der Waals surface area (Å²) < 4.78 is 14.1. The Morgan fingerprint density at radius 3 is 2.70 bits per heavy atom. The van der Waals surface area contributed by atoms with Crippen LogP contribution >= 0.6 is 23.2 Å². The third-order valence-corrected chi connectivity index (χ3v) is 7.18. The molecule has 5 rings (SSSR count). The predicted molar refractivity (Wildman–Crippen MR) is 133 cm³/mol. The molecule has 0 aliphatic carbocycles. The van der Waals surface area contributed by atoms with Gasteiger partial charge in [0.15, 0.2) is 11.6 Å². The molecule has 0 saturated carbocycles. The lowest BCUT2D eigenvalue weighted by Crippen LogP contribution is -2.34. The highest BCUT2D eigenvalue weighted by atomic mass is 35.5. The SMILES string of the molecule is Cn1ccnc1-c1cc2c(OCCCN3CCC(c4ccc(Cl)c(Cl)c4)CC3)cccc2o1. The average Bonchev–Trinajstić information content (AvgIpc) is 3.45. The van der Waals surface area contributed by atoms with E-state index in [0.717, 1.165) is 67.2 Å². The number of likely N-dealkylation sites (tertiary alicyclic amines) is 1. The largest absolute Gasteiger partial charge is 0.493 e. The quantitative estimate of drug-likeness (QED) is 0.271. The van der Waals surface area contributed by atoms with Crippen LogP contribution in [0.5, 0.6) is 5.75 Å². The molecule has 1 saturated heterocycles. The minimum absolute atomic E-state index is 0.555. The third-order valence-electron chi connectivity index (χ3n) is 6.44. The lowest BCUT2D eigenvalue weighted by Gasteiger charge is -2.32. The molecule has 0 spiro atoms. The van der Waals surface area contributed by atoms with Crippen molar-refractivity contribution in [3.63, 3.8) is 0 Å². The molecule has 0 N–H and O–H groups in total. The molecule has 2 aromatic heterocycles. The molecule has 0 atom stereocenters. The van der Waals surface area contributed by atoms with Gasteiger partial charge in [-0.05, 0) is 74.2 Å². The first-order valence-electron chi connectivity index (χ1n) is 11.4. The summed E-state index contributed by atoms with van der Waals surface area (Å²) in [6.45, 7) is 3.90. The first-order valence-corrected chi connectivity index (χ1v) is 12.1. The van der Waals surface area contributed by atoms with Crippen molar-refractivity contribution in [3.05, 3.63) is 70.5 Å². The maximum atomic E-state index is 6.20. The summed E-state index contributed by atoms with van der Waals surface area (Å²) in [6, 6.07) is 14.0. The van der Waals surface area contributed by atoms with E-state index < -0.39 is 0 Å². The molecule has 172 valence electrons. The number of benzene rings is 2. The van der Waals surface area contributed by atoms with E-state index in [9.17, 15) is 0 Å². The molecule has 0 unspecified atom stereocenters. The van der Waals surface area contributed by atoms with Gasteiger partial charge < -0.3 is 18.6 Å². The zero-order valence-corrected chi connectivity index (χ0v) is 20.1. The monoisotopic (exact) mass is 483 g/mol. The molecule has 1 aliphatic rings. The van der Waals surface area contributed by atoms with Crippen molar-refractivity contribution < 1.29 is 9.15 Å². The van der Waals surface area contributed by atoms with Crippen molar-refractivity contribution >= 4 is 34.2 Å². The van der Waals surface area contributed by atoms with E-state index >= 15 is 0 Å². The molecule has 1 aliphatic heterocycles. The lowest BCUT2D eigenvalue weighted by atomic mass is 9.89. The summed E-state index contributed by atoms with van der Waals surface area (Å²) in [5, 5.41) is 2.25. The van der Waals surface area contributed by atoms with Crippen molar-refractivity contribution in [2.24, 2.45) is 7.05 Å². The number of piperidine rings is 1. The van der Waals surface area contributed by atoms with E-state index in [2.05, 4.69) is 16.0 Å². The van der Waals surface area contributed by atoms with E-state index in [1.165, 1.54) is 5.56 Å². The summed E-state index contributed by atoms with van der Waals surface area (Å²) in [4.78, 5) is 6.90. The van der Waals surface area contributed by atoms with Crippen LogP contribution in [0.1, 0.15) is 30.7 Å². The lowest BCUT2D eigenvalue weighted by molar-refractivity contribution is 0.193. The number of furan rings is 1. The molecular formula is C26H27Cl2N3O2. The molecule has 0 bridgehead atoms. The Labute approximate surface area is 203 Å². The number of fused-ring (bicyclic) bond motifs is 1. The molecule has 5 nitrogen and oxygen atoms in total. The third kappa shape index (κ3) is 4.91. The van der Waals surface area contributed by atoms with Gasteiger partial charge in [0.05, 0.1) is 22.0 Å². The van der Waals surface area contributed by atoms with Crippen LogP contribution in [0, 0.1) is 0 Å². The van der Waals surface area contributed by atoms with E-state index in [-0.39, 0.29) is 0 Å². The van der Waals surface area contributed by atoms with Gasteiger partial charge in [0.25, 0.3) is 0 Å². The number of hydrogen-bond donors (Lipinski definition) is 0.